The van der Waals surface area contributed by atoms with E-state index in [1.54, 1.807) is 22.8 Å². The van der Waals surface area contributed by atoms with E-state index >= 15 is 0 Å². The third-order valence-electron chi connectivity index (χ3n) is 5.58. The molecule has 1 aliphatic rings. The normalized spacial score (nSPS) is 13.6. The lowest BCUT2D eigenvalue weighted by Crippen LogP contribution is -2.07. The average Bonchev–Trinajstić information content (AvgIpc) is 3.43. The van der Waals surface area contributed by atoms with E-state index in [4.69, 9.17) is 9.51 Å². The topological polar surface area (TPSA) is 107 Å². The largest absolute Gasteiger partial charge is 0.495 e. The summed E-state index contributed by atoms with van der Waals surface area (Å²) in [6, 6.07) is 7.08. The first-order chi connectivity index (χ1) is 14.8. The number of ketones is 1. The van der Waals surface area contributed by atoms with Crippen molar-refractivity contribution in [3.05, 3.63) is 65.1 Å². The molecule has 1 saturated carbocycles. The molecule has 1 aliphatic carbocycles. The molecule has 8 nitrogen and oxygen atoms in total. The Morgan fingerprint density at radius 2 is 1.97 bits per heavy atom. The quantitative estimate of drug-likeness (QED) is 0.378. The van der Waals surface area contributed by atoms with Gasteiger partial charge in [0.2, 0.25) is 5.78 Å². The fraction of sp³-hybridized carbons (Fsp3) is 0.261. The Bertz CT molecular complexity index is 1340. The zero-order chi connectivity index (χ0) is 21.9. The van der Waals surface area contributed by atoms with Gasteiger partial charge in [-0.1, -0.05) is 5.16 Å². The number of carbonyl (C=O) groups excluding carboxylic acids is 1. The lowest BCUT2D eigenvalue weighted by molar-refractivity contribution is 0.103. The number of aromatic nitrogens is 5. The maximum Gasteiger partial charge on any atom is 0.215 e. The molecule has 0 amide bonds. The van der Waals surface area contributed by atoms with Crippen LogP contribution in [0.2, 0.25) is 0 Å². The standard InChI is InChI=1S/C23H21N5O3/c1-11-5-8-18(26-25-11)22(30)17-9-16(20-12(2)27-31-13(20)3)10-19-21(17)24-23(15-6-7-15)28(19)14(4)29/h5,8-10,15,29H,4,6-7H2,1-3H3. The van der Waals surface area contributed by atoms with E-state index in [1.165, 1.54) is 0 Å². The van der Waals surface area contributed by atoms with Crippen LogP contribution < -0.4 is 0 Å². The highest BCUT2D eigenvalue weighted by atomic mass is 16.5. The summed E-state index contributed by atoms with van der Waals surface area (Å²) in [5, 5.41) is 22.5. The molecule has 0 spiro atoms. The summed E-state index contributed by atoms with van der Waals surface area (Å²) in [4.78, 5) is 18.2. The van der Waals surface area contributed by atoms with E-state index in [1.807, 2.05) is 26.8 Å². The van der Waals surface area contributed by atoms with Gasteiger partial charge in [-0.2, -0.15) is 5.10 Å². The van der Waals surface area contributed by atoms with Crippen LogP contribution >= 0.6 is 0 Å². The van der Waals surface area contributed by atoms with Gasteiger partial charge in [0.05, 0.1) is 22.5 Å². The van der Waals surface area contributed by atoms with Crippen molar-refractivity contribution in [3.8, 4) is 11.1 Å². The van der Waals surface area contributed by atoms with Gasteiger partial charge in [-0.15, -0.1) is 5.10 Å². The number of imidazole rings is 1. The van der Waals surface area contributed by atoms with Crippen molar-refractivity contribution in [2.24, 2.45) is 0 Å². The molecule has 0 radical (unpaired) electrons. The Morgan fingerprint density at radius 3 is 2.55 bits per heavy atom. The Kier molecular flexibility index (Phi) is 4.25. The molecule has 1 aromatic carbocycles. The number of aliphatic hydroxyl groups excluding tert-OH is 1. The van der Waals surface area contributed by atoms with Gasteiger partial charge in [-0.3, -0.25) is 9.36 Å². The molecular weight excluding hydrogens is 394 g/mol. The first-order valence-electron chi connectivity index (χ1n) is 10.1. The number of aryl methyl sites for hydroxylation is 3. The Hall–Kier alpha value is -3.81. The number of hydrogen-bond donors (Lipinski definition) is 1. The predicted octanol–water partition coefficient (Wildman–Crippen LogP) is 4.50. The molecule has 156 valence electrons. The maximum absolute atomic E-state index is 13.5. The number of rotatable bonds is 5. The summed E-state index contributed by atoms with van der Waals surface area (Å²) in [6.07, 6.45) is 1.97. The number of benzene rings is 1. The van der Waals surface area contributed by atoms with Crippen LogP contribution in [0.5, 0.6) is 0 Å². The summed E-state index contributed by atoms with van der Waals surface area (Å²) in [7, 11) is 0. The molecule has 0 bridgehead atoms. The van der Waals surface area contributed by atoms with Gasteiger partial charge in [0.1, 0.15) is 22.8 Å². The third kappa shape index (κ3) is 3.11. The van der Waals surface area contributed by atoms with Gasteiger partial charge in [0.15, 0.2) is 5.88 Å². The monoisotopic (exact) mass is 415 g/mol. The van der Waals surface area contributed by atoms with Crippen LogP contribution in [0, 0.1) is 20.8 Å². The highest BCUT2D eigenvalue weighted by molar-refractivity contribution is 6.15. The Labute approximate surface area is 178 Å². The maximum atomic E-state index is 13.5. The number of fused-ring (bicyclic) bond motifs is 1. The minimum absolute atomic E-state index is 0.131. The minimum Gasteiger partial charge on any atom is -0.495 e. The summed E-state index contributed by atoms with van der Waals surface area (Å²) in [6.45, 7) is 9.21. The van der Waals surface area contributed by atoms with Gasteiger partial charge in [-0.25, -0.2) is 4.98 Å². The van der Waals surface area contributed by atoms with Crippen molar-refractivity contribution < 1.29 is 14.4 Å². The summed E-state index contributed by atoms with van der Waals surface area (Å²) < 4.78 is 6.98. The lowest BCUT2D eigenvalue weighted by atomic mass is 9.97. The summed E-state index contributed by atoms with van der Waals surface area (Å²) in [5.41, 5.74) is 4.70. The van der Waals surface area contributed by atoms with Crippen molar-refractivity contribution in [1.29, 1.82) is 0 Å². The molecule has 1 fully saturated rings. The SMILES string of the molecule is C=C(O)n1c(C2CC2)nc2c(C(=O)c3ccc(C)nn3)cc(-c3c(C)noc3C)cc21. The second kappa shape index (κ2) is 6.87. The molecule has 3 aromatic heterocycles. The van der Waals surface area contributed by atoms with Crippen LogP contribution in [-0.2, 0) is 0 Å². The smallest absolute Gasteiger partial charge is 0.215 e. The number of aliphatic hydroxyl groups is 1. The lowest BCUT2D eigenvalue weighted by Gasteiger charge is -2.09. The molecule has 0 unspecified atom stereocenters. The van der Waals surface area contributed by atoms with E-state index in [2.05, 4.69) is 21.9 Å². The van der Waals surface area contributed by atoms with Crippen molar-refractivity contribution in [2.45, 2.75) is 39.5 Å². The van der Waals surface area contributed by atoms with Crippen LogP contribution in [-0.4, -0.2) is 35.8 Å². The molecule has 3 heterocycles. The van der Waals surface area contributed by atoms with E-state index < -0.39 is 0 Å². The van der Waals surface area contributed by atoms with Gasteiger partial charge < -0.3 is 9.63 Å². The molecule has 1 N–H and O–H groups in total. The summed E-state index contributed by atoms with van der Waals surface area (Å²) in [5.74, 6) is 1.17. The average molecular weight is 415 g/mol. The Morgan fingerprint density at radius 1 is 1.19 bits per heavy atom. The van der Waals surface area contributed by atoms with Crippen LogP contribution in [0.3, 0.4) is 0 Å². The summed E-state index contributed by atoms with van der Waals surface area (Å²) >= 11 is 0. The predicted molar refractivity (Wildman–Crippen MR) is 115 cm³/mol. The van der Waals surface area contributed by atoms with Crippen LogP contribution in [0.25, 0.3) is 28.0 Å². The van der Waals surface area contributed by atoms with Crippen molar-refractivity contribution in [3.63, 3.8) is 0 Å². The van der Waals surface area contributed by atoms with Gasteiger partial charge in [0, 0.05) is 11.5 Å². The van der Waals surface area contributed by atoms with Gasteiger partial charge in [0.25, 0.3) is 0 Å². The number of carbonyl (C=O) groups is 1. The first kappa shape index (κ1) is 19.2. The van der Waals surface area contributed by atoms with Crippen molar-refractivity contribution in [2.75, 3.05) is 0 Å². The Balaban J connectivity index is 1.82. The minimum atomic E-state index is -0.290. The van der Waals surface area contributed by atoms with E-state index in [0.29, 0.717) is 33.9 Å². The van der Waals surface area contributed by atoms with E-state index in [-0.39, 0.29) is 23.3 Å². The van der Waals surface area contributed by atoms with Crippen LogP contribution in [0.4, 0.5) is 0 Å². The van der Waals surface area contributed by atoms with Crippen LogP contribution in [0.15, 0.2) is 35.4 Å². The molecule has 4 aromatic rings. The van der Waals surface area contributed by atoms with Crippen molar-refractivity contribution in [1.82, 2.24) is 24.9 Å². The zero-order valence-electron chi connectivity index (χ0n) is 17.5. The van der Waals surface area contributed by atoms with E-state index in [9.17, 15) is 9.90 Å². The molecule has 0 saturated heterocycles. The molecule has 0 atom stereocenters. The molecule has 5 rings (SSSR count). The zero-order valence-corrected chi connectivity index (χ0v) is 17.5. The second-order valence-electron chi connectivity index (χ2n) is 7.98. The molecule has 0 aliphatic heterocycles. The number of nitrogens with zero attached hydrogens (tertiary/aromatic N) is 5. The van der Waals surface area contributed by atoms with Gasteiger partial charge in [-0.05, 0) is 70.0 Å². The number of hydrogen-bond acceptors (Lipinski definition) is 7. The second-order valence-corrected chi connectivity index (χ2v) is 7.98. The first-order valence-corrected chi connectivity index (χ1v) is 10.1. The highest BCUT2D eigenvalue weighted by Gasteiger charge is 2.32. The van der Waals surface area contributed by atoms with E-state index in [0.717, 1.165) is 29.7 Å². The van der Waals surface area contributed by atoms with Crippen molar-refractivity contribution >= 4 is 22.7 Å². The fourth-order valence-electron chi connectivity index (χ4n) is 3.95. The van der Waals surface area contributed by atoms with Crippen LogP contribution in [0.1, 0.15) is 57.8 Å². The fourth-order valence-corrected chi connectivity index (χ4v) is 3.95. The molecule has 8 heteroatoms. The third-order valence-corrected chi connectivity index (χ3v) is 5.58. The molecular formula is C23H21N5O3. The van der Waals surface area contributed by atoms with Gasteiger partial charge >= 0.3 is 0 Å². The molecule has 31 heavy (non-hydrogen) atoms. The highest BCUT2D eigenvalue weighted by Crippen LogP contribution is 2.43.